The summed E-state index contributed by atoms with van der Waals surface area (Å²) in [6.45, 7) is 3.98. The number of anilines is 1. The van der Waals surface area contributed by atoms with Gasteiger partial charge in [0.15, 0.2) is 0 Å². The van der Waals surface area contributed by atoms with Crippen molar-refractivity contribution in [1.82, 2.24) is 9.97 Å². The Kier molecular flexibility index (Phi) is 4.22. The van der Waals surface area contributed by atoms with Crippen LogP contribution in [0.1, 0.15) is 18.1 Å². The van der Waals surface area contributed by atoms with Crippen LogP contribution in [-0.4, -0.2) is 17.0 Å². The highest BCUT2D eigenvalue weighted by molar-refractivity contribution is 6.31. The number of nitrogens with zero attached hydrogens (tertiary/aromatic N) is 2. The van der Waals surface area contributed by atoms with E-state index in [1.54, 1.807) is 0 Å². The van der Waals surface area contributed by atoms with Crippen LogP contribution in [0.2, 0.25) is 5.02 Å². The van der Waals surface area contributed by atoms with Gasteiger partial charge in [0.25, 0.3) is 0 Å². The van der Waals surface area contributed by atoms with Gasteiger partial charge in [0, 0.05) is 12.1 Å². The minimum atomic E-state index is 0.573. The first-order valence-electron chi connectivity index (χ1n) is 6.11. The predicted octanol–water partition coefficient (Wildman–Crippen LogP) is 3.83. The van der Waals surface area contributed by atoms with Gasteiger partial charge < -0.3 is 10.1 Å². The fourth-order valence-electron chi connectivity index (χ4n) is 1.81. The lowest BCUT2D eigenvalue weighted by Crippen LogP contribution is -2.02. The molecular formula is C14H16ClN3O. The first-order valence-corrected chi connectivity index (χ1v) is 6.49. The summed E-state index contributed by atoms with van der Waals surface area (Å²) in [5, 5.41) is 3.76. The molecule has 2 rings (SSSR count). The lowest BCUT2D eigenvalue weighted by molar-refractivity contribution is 0.455. The summed E-state index contributed by atoms with van der Waals surface area (Å²) >= 11 is 6.00. The molecule has 0 fully saturated rings. The van der Waals surface area contributed by atoms with Gasteiger partial charge in [-0.3, -0.25) is 0 Å². The average molecular weight is 278 g/mol. The third-order valence-corrected chi connectivity index (χ3v) is 3.26. The van der Waals surface area contributed by atoms with Gasteiger partial charge in [0.05, 0.1) is 5.56 Å². The van der Waals surface area contributed by atoms with Crippen molar-refractivity contribution in [3.05, 3.63) is 40.7 Å². The molecule has 0 aliphatic rings. The van der Waals surface area contributed by atoms with Gasteiger partial charge in [0.2, 0.25) is 5.88 Å². The molecule has 0 aliphatic heterocycles. The zero-order valence-corrected chi connectivity index (χ0v) is 12.0. The standard InChI is InChI=1S/C14H16ClN3O/c1-4-11-13(16-3)17-8-18-14(11)19-10-5-6-12(15)9(2)7-10/h5-8H,4H2,1-3H3,(H,16,17,18). The molecule has 0 radical (unpaired) electrons. The maximum atomic E-state index is 6.00. The summed E-state index contributed by atoms with van der Waals surface area (Å²) in [6.07, 6.45) is 2.28. The van der Waals surface area contributed by atoms with Crippen LogP contribution in [-0.2, 0) is 6.42 Å². The van der Waals surface area contributed by atoms with Crippen molar-refractivity contribution in [2.75, 3.05) is 12.4 Å². The van der Waals surface area contributed by atoms with E-state index >= 15 is 0 Å². The fraction of sp³-hybridized carbons (Fsp3) is 0.286. The highest BCUT2D eigenvalue weighted by Crippen LogP contribution is 2.29. The van der Waals surface area contributed by atoms with Crippen LogP contribution in [0.4, 0.5) is 5.82 Å². The first-order chi connectivity index (χ1) is 9.15. The second-order valence-corrected chi connectivity index (χ2v) is 4.53. The van der Waals surface area contributed by atoms with Crippen molar-refractivity contribution in [2.45, 2.75) is 20.3 Å². The summed E-state index contributed by atoms with van der Waals surface area (Å²) in [5.41, 5.74) is 1.93. The molecule has 1 aromatic carbocycles. The van der Waals surface area contributed by atoms with Crippen LogP contribution < -0.4 is 10.1 Å². The number of ether oxygens (including phenoxy) is 1. The zero-order chi connectivity index (χ0) is 13.8. The highest BCUT2D eigenvalue weighted by Gasteiger charge is 2.11. The number of rotatable bonds is 4. The molecule has 1 N–H and O–H groups in total. The van der Waals surface area contributed by atoms with Crippen LogP contribution in [0.3, 0.4) is 0 Å². The van der Waals surface area contributed by atoms with Crippen molar-refractivity contribution < 1.29 is 4.74 Å². The van der Waals surface area contributed by atoms with E-state index in [2.05, 4.69) is 15.3 Å². The molecule has 2 aromatic rings. The lowest BCUT2D eigenvalue weighted by Gasteiger charge is -2.12. The molecule has 1 heterocycles. The fourth-order valence-corrected chi connectivity index (χ4v) is 1.93. The van der Waals surface area contributed by atoms with E-state index in [4.69, 9.17) is 16.3 Å². The summed E-state index contributed by atoms with van der Waals surface area (Å²) in [6, 6.07) is 5.54. The van der Waals surface area contributed by atoms with E-state index in [0.29, 0.717) is 5.88 Å². The number of aromatic nitrogens is 2. The van der Waals surface area contributed by atoms with Gasteiger partial charge in [0.1, 0.15) is 17.9 Å². The molecule has 0 spiro atoms. The Hall–Kier alpha value is -1.81. The van der Waals surface area contributed by atoms with Gasteiger partial charge in [-0.1, -0.05) is 18.5 Å². The first kappa shape index (κ1) is 13.6. The average Bonchev–Trinajstić information content (AvgIpc) is 2.42. The van der Waals surface area contributed by atoms with Crippen LogP contribution >= 0.6 is 11.6 Å². The second kappa shape index (κ2) is 5.89. The van der Waals surface area contributed by atoms with E-state index in [-0.39, 0.29) is 0 Å². The van der Waals surface area contributed by atoms with E-state index in [9.17, 15) is 0 Å². The molecule has 19 heavy (non-hydrogen) atoms. The smallest absolute Gasteiger partial charge is 0.227 e. The molecule has 0 atom stereocenters. The van der Waals surface area contributed by atoms with Crippen molar-refractivity contribution in [3.8, 4) is 11.6 Å². The normalized spacial score (nSPS) is 10.3. The molecule has 5 heteroatoms. The van der Waals surface area contributed by atoms with Crippen molar-refractivity contribution in [2.24, 2.45) is 0 Å². The van der Waals surface area contributed by atoms with Crippen LogP contribution in [0.25, 0.3) is 0 Å². The van der Waals surface area contributed by atoms with Gasteiger partial charge in [-0.2, -0.15) is 0 Å². The lowest BCUT2D eigenvalue weighted by atomic mass is 10.2. The third-order valence-electron chi connectivity index (χ3n) is 2.84. The molecule has 0 aliphatic carbocycles. The highest BCUT2D eigenvalue weighted by atomic mass is 35.5. The monoisotopic (exact) mass is 277 g/mol. The van der Waals surface area contributed by atoms with E-state index in [1.165, 1.54) is 6.33 Å². The number of hydrogen-bond acceptors (Lipinski definition) is 4. The summed E-state index contributed by atoms with van der Waals surface area (Å²) < 4.78 is 5.83. The molecule has 0 unspecified atom stereocenters. The number of aryl methyl sites for hydroxylation is 1. The Bertz CT molecular complexity index is 587. The quantitative estimate of drug-likeness (QED) is 0.922. The molecule has 0 saturated carbocycles. The predicted molar refractivity (Wildman–Crippen MR) is 77.2 cm³/mol. The van der Waals surface area contributed by atoms with Gasteiger partial charge >= 0.3 is 0 Å². The van der Waals surface area contributed by atoms with Gasteiger partial charge in [-0.25, -0.2) is 9.97 Å². The topological polar surface area (TPSA) is 47.0 Å². The van der Waals surface area contributed by atoms with Crippen LogP contribution in [0, 0.1) is 6.92 Å². The summed E-state index contributed by atoms with van der Waals surface area (Å²) in [7, 11) is 1.83. The van der Waals surface area contributed by atoms with Crippen molar-refractivity contribution >= 4 is 17.4 Å². The minimum Gasteiger partial charge on any atom is -0.439 e. The minimum absolute atomic E-state index is 0.573. The maximum absolute atomic E-state index is 6.00. The number of benzene rings is 1. The van der Waals surface area contributed by atoms with E-state index in [0.717, 1.165) is 34.1 Å². The SMILES string of the molecule is CCc1c(NC)ncnc1Oc1ccc(Cl)c(C)c1. The Labute approximate surface area is 117 Å². The Morgan fingerprint density at radius 2 is 2.11 bits per heavy atom. The maximum Gasteiger partial charge on any atom is 0.227 e. The van der Waals surface area contributed by atoms with Gasteiger partial charge in [-0.15, -0.1) is 0 Å². The number of nitrogens with one attached hydrogen (secondary N) is 1. The van der Waals surface area contributed by atoms with E-state index < -0.39 is 0 Å². The van der Waals surface area contributed by atoms with Crippen LogP contribution in [0.15, 0.2) is 24.5 Å². The molecule has 0 amide bonds. The Balaban J connectivity index is 2.35. The molecule has 1 aromatic heterocycles. The van der Waals surface area contributed by atoms with Gasteiger partial charge in [-0.05, 0) is 37.1 Å². The summed E-state index contributed by atoms with van der Waals surface area (Å²) in [5.74, 6) is 2.08. The molecule has 4 nitrogen and oxygen atoms in total. The third kappa shape index (κ3) is 2.96. The zero-order valence-electron chi connectivity index (χ0n) is 11.2. The number of halogens is 1. The van der Waals surface area contributed by atoms with E-state index in [1.807, 2.05) is 39.1 Å². The summed E-state index contributed by atoms with van der Waals surface area (Å²) in [4.78, 5) is 8.38. The van der Waals surface area contributed by atoms with Crippen molar-refractivity contribution in [3.63, 3.8) is 0 Å². The molecule has 100 valence electrons. The largest absolute Gasteiger partial charge is 0.439 e. The second-order valence-electron chi connectivity index (χ2n) is 4.12. The Morgan fingerprint density at radius 1 is 1.32 bits per heavy atom. The number of hydrogen-bond donors (Lipinski definition) is 1. The van der Waals surface area contributed by atoms with Crippen LogP contribution in [0.5, 0.6) is 11.6 Å². The Morgan fingerprint density at radius 3 is 2.74 bits per heavy atom. The van der Waals surface area contributed by atoms with Crippen molar-refractivity contribution in [1.29, 1.82) is 0 Å². The molecule has 0 saturated heterocycles. The molecule has 0 bridgehead atoms. The molecular weight excluding hydrogens is 262 g/mol.